The van der Waals surface area contributed by atoms with Crippen LogP contribution >= 0.6 is 15.9 Å². The number of aromatic nitrogens is 2. The van der Waals surface area contributed by atoms with Gasteiger partial charge in [0.25, 0.3) is 0 Å². The van der Waals surface area contributed by atoms with Gasteiger partial charge in [-0.1, -0.05) is 60.1 Å². The minimum absolute atomic E-state index is 0.0720. The first-order valence-electron chi connectivity index (χ1n) is 12.7. The van der Waals surface area contributed by atoms with Crippen LogP contribution in [0.1, 0.15) is 56.3 Å². The summed E-state index contributed by atoms with van der Waals surface area (Å²) in [4.78, 5) is 19.8. The molecule has 0 bridgehead atoms. The molecule has 1 saturated heterocycles. The number of hydrogen-bond donors (Lipinski definition) is 0. The Kier molecular flexibility index (Phi) is 7.42. The van der Waals surface area contributed by atoms with Crippen LogP contribution in [0.5, 0.6) is 5.75 Å². The molecule has 2 heterocycles. The number of fused-ring (bicyclic) bond motifs is 1. The molecule has 36 heavy (non-hydrogen) atoms. The first kappa shape index (κ1) is 24.6. The molecule has 1 aromatic heterocycles. The number of carbonyl (C=O) groups excluding carboxylic acids is 1. The lowest BCUT2D eigenvalue weighted by Crippen LogP contribution is -2.24. The van der Waals surface area contributed by atoms with Crippen LogP contribution in [-0.4, -0.2) is 28.6 Å². The van der Waals surface area contributed by atoms with Gasteiger partial charge in [-0.25, -0.2) is 4.98 Å². The molecule has 1 unspecified atom stereocenters. The molecular formula is C30H32BrN3O2. The lowest BCUT2D eigenvalue weighted by atomic mass is 10.0. The predicted octanol–water partition coefficient (Wildman–Crippen LogP) is 7.30. The van der Waals surface area contributed by atoms with E-state index in [9.17, 15) is 4.79 Å². The number of aryl methyl sites for hydroxylation is 1. The third kappa shape index (κ3) is 5.19. The van der Waals surface area contributed by atoms with E-state index < -0.39 is 0 Å². The molecule has 5 rings (SSSR count). The summed E-state index contributed by atoms with van der Waals surface area (Å²) < 4.78 is 9.47. The number of amides is 1. The number of hydrogen-bond acceptors (Lipinski definition) is 3. The number of nitrogens with zero attached hydrogens (tertiary/aromatic N) is 3. The van der Waals surface area contributed by atoms with E-state index in [4.69, 9.17) is 9.72 Å². The van der Waals surface area contributed by atoms with Gasteiger partial charge in [-0.15, -0.1) is 0 Å². The molecule has 1 amide bonds. The van der Waals surface area contributed by atoms with E-state index in [2.05, 4.69) is 70.7 Å². The molecule has 0 radical (unpaired) electrons. The fourth-order valence-electron chi connectivity index (χ4n) is 5.03. The SMILES string of the molecule is CC(C)c1ccccc1OCCCCn1c(C2CC(=O)N(c3ccc(Br)cc3)C2)nc2ccccc21. The summed E-state index contributed by atoms with van der Waals surface area (Å²) in [6, 6.07) is 24.5. The maximum absolute atomic E-state index is 12.9. The summed E-state index contributed by atoms with van der Waals surface area (Å²) in [6.07, 6.45) is 2.41. The van der Waals surface area contributed by atoms with E-state index in [0.29, 0.717) is 25.5 Å². The fourth-order valence-corrected chi connectivity index (χ4v) is 5.30. The van der Waals surface area contributed by atoms with Crippen molar-refractivity contribution in [3.8, 4) is 5.75 Å². The zero-order chi connectivity index (χ0) is 25.1. The molecule has 1 aliphatic heterocycles. The molecule has 0 saturated carbocycles. The monoisotopic (exact) mass is 545 g/mol. The number of rotatable bonds is 9. The summed E-state index contributed by atoms with van der Waals surface area (Å²) in [7, 11) is 0. The van der Waals surface area contributed by atoms with E-state index in [1.54, 1.807) is 0 Å². The van der Waals surface area contributed by atoms with Crippen LogP contribution in [-0.2, 0) is 11.3 Å². The highest BCUT2D eigenvalue weighted by molar-refractivity contribution is 9.10. The topological polar surface area (TPSA) is 47.4 Å². The third-order valence-electron chi connectivity index (χ3n) is 6.89. The second kappa shape index (κ2) is 10.9. The first-order valence-corrected chi connectivity index (χ1v) is 13.5. The maximum Gasteiger partial charge on any atom is 0.227 e. The van der Waals surface area contributed by atoms with Gasteiger partial charge in [-0.2, -0.15) is 0 Å². The summed E-state index contributed by atoms with van der Waals surface area (Å²) >= 11 is 3.48. The molecule has 0 spiro atoms. The van der Waals surface area contributed by atoms with Gasteiger partial charge in [0.05, 0.1) is 17.6 Å². The van der Waals surface area contributed by atoms with Crippen LogP contribution in [0.25, 0.3) is 11.0 Å². The highest BCUT2D eigenvalue weighted by Crippen LogP contribution is 2.34. The fraction of sp³-hybridized carbons (Fsp3) is 0.333. The van der Waals surface area contributed by atoms with Crippen LogP contribution in [0.2, 0.25) is 0 Å². The number of ether oxygens (including phenoxy) is 1. The Morgan fingerprint density at radius 3 is 2.56 bits per heavy atom. The van der Waals surface area contributed by atoms with E-state index in [1.165, 1.54) is 5.56 Å². The molecule has 3 aromatic carbocycles. The van der Waals surface area contributed by atoms with Crippen molar-refractivity contribution in [2.45, 2.75) is 51.5 Å². The predicted molar refractivity (Wildman–Crippen MR) is 149 cm³/mol. The molecule has 4 aromatic rings. The smallest absolute Gasteiger partial charge is 0.227 e. The number of benzene rings is 3. The lowest BCUT2D eigenvalue weighted by Gasteiger charge is -2.18. The zero-order valence-electron chi connectivity index (χ0n) is 20.9. The van der Waals surface area contributed by atoms with Crippen molar-refractivity contribution in [1.29, 1.82) is 0 Å². The van der Waals surface area contributed by atoms with Crippen molar-refractivity contribution in [1.82, 2.24) is 9.55 Å². The Morgan fingerprint density at radius 2 is 1.75 bits per heavy atom. The van der Waals surface area contributed by atoms with E-state index >= 15 is 0 Å². The average molecular weight is 547 g/mol. The number of carbonyl (C=O) groups is 1. The average Bonchev–Trinajstić information content (AvgIpc) is 3.45. The van der Waals surface area contributed by atoms with Gasteiger partial charge in [0, 0.05) is 35.6 Å². The summed E-state index contributed by atoms with van der Waals surface area (Å²) in [6.45, 7) is 6.58. The van der Waals surface area contributed by atoms with Crippen LogP contribution in [0, 0.1) is 0 Å². The molecule has 1 atom stereocenters. The molecule has 0 aliphatic carbocycles. The molecular weight excluding hydrogens is 514 g/mol. The van der Waals surface area contributed by atoms with Crippen molar-refractivity contribution in [2.24, 2.45) is 0 Å². The van der Waals surface area contributed by atoms with Crippen molar-refractivity contribution in [3.63, 3.8) is 0 Å². The second-order valence-electron chi connectivity index (χ2n) is 9.74. The number of anilines is 1. The van der Waals surface area contributed by atoms with Gasteiger partial charge in [0.15, 0.2) is 0 Å². The quantitative estimate of drug-likeness (QED) is 0.207. The Balaban J connectivity index is 1.28. The maximum atomic E-state index is 12.9. The van der Waals surface area contributed by atoms with E-state index in [0.717, 1.165) is 52.2 Å². The Bertz CT molecular complexity index is 1350. The zero-order valence-corrected chi connectivity index (χ0v) is 22.4. The van der Waals surface area contributed by atoms with Gasteiger partial charge in [0.2, 0.25) is 5.91 Å². The van der Waals surface area contributed by atoms with Crippen LogP contribution in [0.3, 0.4) is 0 Å². The number of unbranched alkanes of at least 4 members (excludes halogenated alkanes) is 1. The van der Waals surface area contributed by atoms with Gasteiger partial charge < -0.3 is 14.2 Å². The van der Waals surface area contributed by atoms with Crippen molar-refractivity contribution in [3.05, 3.63) is 88.7 Å². The largest absolute Gasteiger partial charge is 0.493 e. The number of imidazole rings is 1. The second-order valence-corrected chi connectivity index (χ2v) is 10.7. The lowest BCUT2D eigenvalue weighted by molar-refractivity contribution is -0.117. The molecule has 1 aliphatic rings. The van der Waals surface area contributed by atoms with E-state index in [1.807, 2.05) is 41.3 Å². The summed E-state index contributed by atoms with van der Waals surface area (Å²) in [5.74, 6) is 2.65. The summed E-state index contributed by atoms with van der Waals surface area (Å²) in [5, 5.41) is 0. The Labute approximate surface area is 221 Å². The minimum Gasteiger partial charge on any atom is -0.493 e. The third-order valence-corrected chi connectivity index (χ3v) is 7.42. The Morgan fingerprint density at radius 1 is 1.00 bits per heavy atom. The molecule has 1 fully saturated rings. The van der Waals surface area contributed by atoms with Crippen LogP contribution in [0.4, 0.5) is 5.69 Å². The number of para-hydroxylation sites is 3. The normalized spacial score (nSPS) is 15.8. The Hall–Kier alpha value is -3.12. The van der Waals surface area contributed by atoms with Crippen LogP contribution < -0.4 is 9.64 Å². The van der Waals surface area contributed by atoms with Crippen LogP contribution in [0.15, 0.2) is 77.3 Å². The molecule has 5 nitrogen and oxygen atoms in total. The standard InChI is InChI=1S/C30H32BrN3O2/c1-21(2)25-9-3-6-12-28(25)36-18-8-7-17-33-27-11-5-4-10-26(27)32-30(33)22-19-29(35)34(20-22)24-15-13-23(31)14-16-24/h3-6,9-16,21-22H,7-8,17-20H2,1-2H3. The first-order chi connectivity index (χ1) is 17.5. The molecule has 0 N–H and O–H groups in total. The van der Waals surface area contributed by atoms with Crippen molar-refractivity contribution >= 4 is 38.6 Å². The van der Waals surface area contributed by atoms with Crippen molar-refractivity contribution in [2.75, 3.05) is 18.1 Å². The van der Waals surface area contributed by atoms with Gasteiger partial charge in [-0.05, 0) is 66.8 Å². The highest BCUT2D eigenvalue weighted by Gasteiger charge is 2.34. The minimum atomic E-state index is 0.0720. The molecule has 6 heteroatoms. The van der Waals surface area contributed by atoms with Gasteiger partial charge in [0.1, 0.15) is 11.6 Å². The highest BCUT2D eigenvalue weighted by atomic mass is 79.9. The van der Waals surface area contributed by atoms with Gasteiger partial charge in [-0.3, -0.25) is 4.79 Å². The van der Waals surface area contributed by atoms with Crippen molar-refractivity contribution < 1.29 is 9.53 Å². The molecule has 186 valence electrons. The summed E-state index contributed by atoms with van der Waals surface area (Å²) in [5.41, 5.74) is 4.31. The van der Waals surface area contributed by atoms with E-state index in [-0.39, 0.29) is 11.8 Å². The number of halogens is 1. The van der Waals surface area contributed by atoms with Gasteiger partial charge >= 0.3 is 0 Å².